The molecule has 0 aliphatic carbocycles. The van der Waals surface area contributed by atoms with E-state index < -0.39 is 5.60 Å². The zero-order valence-electron chi connectivity index (χ0n) is 11.6. The Labute approximate surface area is 117 Å². The topological polar surface area (TPSA) is 77.0 Å². The number of rotatable bonds is 5. The van der Waals surface area contributed by atoms with E-state index >= 15 is 0 Å². The largest absolute Gasteiger partial charge is 0.493 e. The van der Waals surface area contributed by atoms with Crippen molar-refractivity contribution in [2.75, 3.05) is 34.0 Å². The molecule has 1 amide bonds. The van der Waals surface area contributed by atoms with Crippen LogP contribution in [-0.2, 0) is 4.74 Å². The van der Waals surface area contributed by atoms with Gasteiger partial charge in [-0.1, -0.05) is 6.07 Å². The fourth-order valence-corrected chi connectivity index (χ4v) is 2.14. The molecule has 1 aliphatic rings. The molecule has 1 atom stereocenters. The average molecular weight is 281 g/mol. The summed E-state index contributed by atoms with van der Waals surface area (Å²) >= 11 is 0. The van der Waals surface area contributed by atoms with Crippen LogP contribution in [0.5, 0.6) is 11.5 Å². The highest BCUT2D eigenvalue weighted by atomic mass is 16.5. The van der Waals surface area contributed by atoms with Crippen LogP contribution in [0.1, 0.15) is 16.8 Å². The third-order valence-electron chi connectivity index (χ3n) is 3.31. The van der Waals surface area contributed by atoms with E-state index in [9.17, 15) is 9.90 Å². The maximum Gasteiger partial charge on any atom is 0.255 e. The van der Waals surface area contributed by atoms with E-state index in [1.165, 1.54) is 14.2 Å². The zero-order chi connectivity index (χ0) is 14.6. The highest BCUT2D eigenvalue weighted by Gasteiger charge is 2.32. The zero-order valence-corrected chi connectivity index (χ0v) is 11.6. The number of nitrogens with one attached hydrogen (secondary N) is 1. The second-order valence-corrected chi connectivity index (χ2v) is 4.75. The van der Waals surface area contributed by atoms with Crippen molar-refractivity contribution in [3.05, 3.63) is 23.8 Å². The van der Waals surface area contributed by atoms with Crippen molar-refractivity contribution in [3.63, 3.8) is 0 Å². The van der Waals surface area contributed by atoms with Gasteiger partial charge in [-0.3, -0.25) is 4.79 Å². The fourth-order valence-electron chi connectivity index (χ4n) is 2.14. The number of methoxy groups -OCH3 is 2. The minimum atomic E-state index is -0.984. The first-order chi connectivity index (χ1) is 9.59. The number of carbonyl (C=O) groups is 1. The minimum Gasteiger partial charge on any atom is -0.493 e. The molecular weight excluding hydrogens is 262 g/mol. The smallest absolute Gasteiger partial charge is 0.255 e. The lowest BCUT2D eigenvalue weighted by Crippen LogP contribution is -2.43. The molecule has 110 valence electrons. The molecule has 1 heterocycles. The number of hydrogen-bond acceptors (Lipinski definition) is 5. The van der Waals surface area contributed by atoms with Crippen molar-refractivity contribution in [2.24, 2.45) is 0 Å². The van der Waals surface area contributed by atoms with E-state index in [2.05, 4.69) is 5.32 Å². The van der Waals surface area contributed by atoms with Gasteiger partial charge in [0.05, 0.1) is 26.4 Å². The number of hydrogen-bond donors (Lipinski definition) is 2. The van der Waals surface area contributed by atoms with E-state index in [1.54, 1.807) is 18.2 Å². The van der Waals surface area contributed by atoms with Gasteiger partial charge in [-0.15, -0.1) is 0 Å². The van der Waals surface area contributed by atoms with Crippen molar-refractivity contribution in [2.45, 2.75) is 12.0 Å². The Hall–Kier alpha value is -1.79. The van der Waals surface area contributed by atoms with Crippen molar-refractivity contribution in [1.29, 1.82) is 0 Å². The minimum absolute atomic E-state index is 0.145. The van der Waals surface area contributed by atoms with E-state index in [0.29, 0.717) is 30.1 Å². The van der Waals surface area contributed by atoms with Crippen LogP contribution in [-0.4, -0.2) is 50.6 Å². The first-order valence-electron chi connectivity index (χ1n) is 6.39. The molecule has 6 heteroatoms. The molecule has 0 bridgehead atoms. The molecule has 1 saturated heterocycles. The fraction of sp³-hybridized carbons (Fsp3) is 0.500. The lowest BCUT2D eigenvalue weighted by atomic mass is 10.0. The molecule has 1 unspecified atom stereocenters. The number of ether oxygens (including phenoxy) is 3. The van der Waals surface area contributed by atoms with Gasteiger partial charge in [-0.05, 0) is 12.1 Å². The van der Waals surface area contributed by atoms with Crippen molar-refractivity contribution < 1.29 is 24.1 Å². The van der Waals surface area contributed by atoms with Gasteiger partial charge in [-0.2, -0.15) is 0 Å². The Morgan fingerprint density at radius 1 is 1.45 bits per heavy atom. The number of carbonyl (C=O) groups excluding carboxylic acids is 1. The number of aliphatic hydroxyl groups is 1. The molecule has 0 spiro atoms. The second kappa shape index (κ2) is 6.11. The van der Waals surface area contributed by atoms with Crippen molar-refractivity contribution in [3.8, 4) is 11.5 Å². The normalized spacial score (nSPS) is 21.6. The summed E-state index contributed by atoms with van der Waals surface area (Å²) in [6.07, 6.45) is 0.516. The first-order valence-corrected chi connectivity index (χ1v) is 6.39. The van der Waals surface area contributed by atoms with E-state index in [4.69, 9.17) is 14.2 Å². The van der Waals surface area contributed by atoms with Gasteiger partial charge < -0.3 is 24.6 Å². The quantitative estimate of drug-likeness (QED) is 0.826. The summed E-state index contributed by atoms with van der Waals surface area (Å²) in [5.41, 5.74) is -0.615. The summed E-state index contributed by atoms with van der Waals surface area (Å²) in [4.78, 5) is 12.2. The molecule has 2 N–H and O–H groups in total. The Kier molecular flexibility index (Phi) is 4.46. The van der Waals surface area contributed by atoms with Crippen LogP contribution in [0.2, 0.25) is 0 Å². The highest BCUT2D eigenvalue weighted by molar-refractivity contribution is 5.97. The van der Waals surface area contributed by atoms with E-state index in [-0.39, 0.29) is 19.1 Å². The van der Waals surface area contributed by atoms with Crippen molar-refractivity contribution in [1.82, 2.24) is 5.32 Å². The third kappa shape index (κ3) is 3.02. The Morgan fingerprint density at radius 2 is 2.25 bits per heavy atom. The summed E-state index contributed by atoms with van der Waals surface area (Å²) in [5.74, 6) is 0.547. The van der Waals surface area contributed by atoms with Gasteiger partial charge in [0, 0.05) is 19.6 Å². The molecule has 0 aromatic heterocycles. The van der Waals surface area contributed by atoms with Gasteiger partial charge in [0.1, 0.15) is 5.60 Å². The van der Waals surface area contributed by atoms with Gasteiger partial charge in [0.2, 0.25) is 0 Å². The molecule has 0 radical (unpaired) electrons. The van der Waals surface area contributed by atoms with Crippen molar-refractivity contribution >= 4 is 5.91 Å². The molecule has 6 nitrogen and oxygen atoms in total. The lowest BCUT2D eigenvalue weighted by molar-refractivity contribution is 0.0264. The summed E-state index contributed by atoms with van der Waals surface area (Å²) < 4.78 is 15.5. The number of amides is 1. The average Bonchev–Trinajstić information content (AvgIpc) is 2.91. The van der Waals surface area contributed by atoms with Gasteiger partial charge in [0.25, 0.3) is 5.91 Å². The predicted octanol–water partition coefficient (Wildman–Crippen LogP) is 0.585. The molecule has 1 aliphatic heterocycles. The monoisotopic (exact) mass is 281 g/mol. The van der Waals surface area contributed by atoms with Crippen LogP contribution in [0.4, 0.5) is 0 Å². The molecule has 1 aromatic carbocycles. The first kappa shape index (κ1) is 14.6. The Balaban J connectivity index is 2.09. The maximum atomic E-state index is 12.2. The van der Waals surface area contributed by atoms with E-state index in [0.717, 1.165) is 0 Å². The summed E-state index contributed by atoms with van der Waals surface area (Å²) in [7, 11) is 2.99. The van der Waals surface area contributed by atoms with Crippen LogP contribution in [0, 0.1) is 0 Å². The second-order valence-electron chi connectivity index (χ2n) is 4.75. The number of para-hydroxylation sites is 1. The maximum absolute atomic E-state index is 12.2. The molecule has 0 saturated carbocycles. The van der Waals surface area contributed by atoms with E-state index in [1.807, 2.05) is 0 Å². The molecule has 2 rings (SSSR count). The lowest BCUT2D eigenvalue weighted by Gasteiger charge is -2.21. The summed E-state index contributed by atoms with van der Waals surface area (Å²) in [6, 6.07) is 5.07. The summed E-state index contributed by atoms with van der Waals surface area (Å²) in [6.45, 7) is 0.892. The molecule has 20 heavy (non-hydrogen) atoms. The van der Waals surface area contributed by atoms with Crippen LogP contribution in [0.15, 0.2) is 18.2 Å². The van der Waals surface area contributed by atoms with Gasteiger partial charge >= 0.3 is 0 Å². The highest BCUT2D eigenvalue weighted by Crippen LogP contribution is 2.30. The molecule has 1 aromatic rings. The number of benzene rings is 1. The third-order valence-corrected chi connectivity index (χ3v) is 3.31. The van der Waals surface area contributed by atoms with Gasteiger partial charge in [-0.25, -0.2) is 0 Å². The predicted molar refractivity (Wildman–Crippen MR) is 72.3 cm³/mol. The van der Waals surface area contributed by atoms with Crippen LogP contribution in [0.3, 0.4) is 0 Å². The standard InChI is InChI=1S/C14H19NO5/c1-18-11-5-3-4-10(12(11)19-2)13(16)15-8-14(17)6-7-20-9-14/h3-5,17H,6-9H2,1-2H3,(H,15,16). The van der Waals surface area contributed by atoms with Crippen LogP contribution < -0.4 is 14.8 Å². The Bertz CT molecular complexity index is 482. The summed E-state index contributed by atoms with van der Waals surface area (Å²) in [5, 5.41) is 12.8. The SMILES string of the molecule is COc1cccc(C(=O)NCC2(O)CCOC2)c1OC. The van der Waals surface area contributed by atoms with Crippen LogP contribution >= 0.6 is 0 Å². The Morgan fingerprint density at radius 3 is 2.85 bits per heavy atom. The molecular formula is C14H19NO5. The molecule has 1 fully saturated rings. The van der Waals surface area contributed by atoms with Crippen LogP contribution in [0.25, 0.3) is 0 Å². The van der Waals surface area contributed by atoms with Gasteiger partial charge in [0.15, 0.2) is 11.5 Å².